The molecule has 0 bridgehead atoms. The first-order valence-electron chi connectivity index (χ1n) is 5.93. The lowest BCUT2D eigenvalue weighted by molar-refractivity contribution is -0.126. The number of carbonyl (C=O) groups is 1. The van der Waals surface area contributed by atoms with E-state index in [4.69, 9.17) is 10.8 Å². The summed E-state index contributed by atoms with van der Waals surface area (Å²) in [5, 5.41) is 11.7. The molecule has 0 saturated carbocycles. The number of amides is 1. The molecule has 0 heterocycles. The van der Waals surface area contributed by atoms with Gasteiger partial charge in [-0.2, -0.15) is 0 Å². The molecule has 1 unspecified atom stereocenters. The van der Waals surface area contributed by atoms with Crippen LogP contribution in [0.3, 0.4) is 0 Å². The third kappa shape index (κ3) is 5.47. The predicted molar refractivity (Wildman–Crippen MR) is 66.0 cm³/mol. The maximum Gasteiger partial charge on any atom is 0.239 e. The Balaban J connectivity index is 4.16. The molecule has 0 aliphatic carbocycles. The molecule has 0 aliphatic heterocycles. The highest BCUT2D eigenvalue weighted by Crippen LogP contribution is 2.18. The van der Waals surface area contributed by atoms with Gasteiger partial charge in [0.15, 0.2) is 0 Å². The number of aliphatic hydroxyl groups is 1. The topological polar surface area (TPSA) is 75.4 Å². The lowest BCUT2D eigenvalue weighted by Gasteiger charge is -2.28. The highest BCUT2D eigenvalue weighted by atomic mass is 16.3. The summed E-state index contributed by atoms with van der Waals surface area (Å²) < 4.78 is 0. The minimum atomic E-state index is -0.788. The van der Waals surface area contributed by atoms with Crippen LogP contribution in [0, 0.1) is 5.41 Å². The lowest BCUT2D eigenvalue weighted by Crippen LogP contribution is -2.53. The van der Waals surface area contributed by atoms with Crippen molar-refractivity contribution in [3.8, 4) is 0 Å². The zero-order chi connectivity index (χ0) is 12.8. The van der Waals surface area contributed by atoms with Gasteiger partial charge >= 0.3 is 0 Å². The van der Waals surface area contributed by atoms with Crippen LogP contribution in [-0.4, -0.2) is 29.7 Å². The number of hydrogen-bond acceptors (Lipinski definition) is 3. The molecule has 0 spiro atoms. The first kappa shape index (κ1) is 15.4. The molecule has 0 fully saturated rings. The lowest BCUT2D eigenvalue weighted by atomic mass is 9.89. The van der Waals surface area contributed by atoms with E-state index in [0.717, 1.165) is 6.42 Å². The molecule has 96 valence electrons. The number of rotatable bonds is 7. The van der Waals surface area contributed by atoms with Crippen molar-refractivity contribution in [3.63, 3.8) is 0 Å². The average Bonchev–Trinajstić information content (AvgIpc) is 2.14. The summed E-state index contributed by atoms with van der Waals surface area (Å²) in [6.07, 6.45) is 2.24. The molecular formula is C12H26N2O2. The Bertz CT molecular complexity index is 225. The van der Waals surface area contributed by atoms with Crippen LogP contribution >= 0.6 is 0 Å². The van der Waals surface area contributed by atoms with Gasteiger partial charge < -0.3 is 16.2 Å². The van der Waals surface area contributed by atoms with Crippen molar-refractivity contribution in [2.24, 2.45) is 11.1 Å². The highest BCUT2D eigenvalue weighted by Gasteiger charge is 2.28. The van der Waals surface area contributed by atoms with Crippen LogP contribution < -0.4 is 11.1 Å². The number of aliphatic hydroxyl groups excluding tert-OH is 1. The van der Waals surface area contributed by atoms with E-state index in [2.05, 4.69) is 5.32 Å². The Kier molecular flexibility index (Phi) is 5.97. The van der Waals surface area contributed by atoms with Crippen molar-refractivity contribution in [2.45, 2.75) is 52.5 Å². The molecule has 0 rings (SSSR count). The van der Waals surface area contributed by atoms with E-state index in [9.17, 15) is 4.79 Å². The maximum absolute atomic E-state index is 11.8. The quantitative estimate of drug-likeness (QED) is 0.611. The smallest absolute Gasteiger partial charge is 0.239 e. The van der Waals surface area contributed by atoms with E-state index in [1.165, 1.54) is 0 Å². The summed E-state index contributed by atoms with van der Waals surface area (Å²) in [6, 6.07) is 0. The molecule has 0 aromatic rings. The molecule has 0 radical (unpaired) electrons. The Labute approximate surface area is 98.6 Å². The SMILES string of the molecule is CCCC(C)(N)C(=O)NCC(C)(C)CCO. The van der Waals surface area contributed by atoms with Crippen molar-refractivity contribution in [1.29, 1.82) is 0 Å². The summed E-state index contributed by atoms with van der Waals surface area (Å²) in [5.74, 6) is -0.111. The minimum absolute atomic E-state index is 0.0906. The van der Waals surface area contributed by atoms with Crippen molar-refractivity contribution in [1.82, 2.24) is 5.32 Å². The zero-order valence-electron chi connectivity index (χ0n) is 11.0. The number of nitrogens with two attached hydrogens (primary N) is 1. The van der Waals surface area contributed by atoms with E-state index < -0.39 is 5.54 Å². The van der Waals surface area contributed by atoms with Crippen LogP contribution in [0.2, 0.25) is 0 Å². The summed E-state index contributed by atoms with van der Waals surface area (Å²) in [6.45, 7) is 8.47. The van der Waals surface area contributed by atoms with Gasteiger partial charge in [0.25, 0.3) is 0 Å². The fourth-order valence-electron chi connectivity index (χ4n) is 1.55. The van der Waals surface area contributed by atoms with Gasteiger partial charge in [-0.25, -0.2) is 0 Å². The second-order valence-corrected chi connectivity index (χ2v) is 5.49. The molecule has 1 atom stereocenters. The van der Waals surface area contributed by atoms with E-state index in [1.54, 1.807) is 6.92 Å². The third-order valence-corrected chi connectivity index (χ3v) is 2.80. The van der Waals surface area contributed by atoms with Crippen LogP contribution in [0.15, 0.2) is 0 Å². The summed E-state index contributed by atoms with van der Waals surface area (Å²) in [7, 11) is 0. The third-order valence-electron chi connectivity index (χ3n) is 2.80. The predicted octanol–water partition coefficient (Wildman–Crippen LogP) is 1.03. The Morgan fingerprint density at radius 2 is 1.88 bits per heavy atom. The van der Waals surface area contributed by atoms with Crippen molar-refractivity contribution in [3.05, 3.63) is 0 Å². The largest absolute Gasteiger partial charge is 0.396 e. The van der Waals surface area contributed by atoms with Gasteiger partial charge in [-0.3, -0.25) is 4.79 Å². The van der Waals surface area contributed by atoms with E-state index >= 15 is 0 Å². The molecule has 0 aromatic heterocycles. The van der Waals surface area contributed by atoms with Crippen molar-refractivity contribution >= 4 is 5.91 Å². The maximum atomic E-state index is 11.8. The molecule has 4 heteroatoms. The molecule has 0 aliphatic rings. The van der Waals surface area contributed by atoms with Crippen LogP contribution in [-0.2, 0) is 4.79 Å². The van der Waals surface area contributed by atoms with E-state index in [1.807, 2.05) is 20.8 Å². The van der Waals surface area contributed by atoms with Gasteiger partial charge in [0.1, 0.15) is 0 Å². The number of carbonyl (C=O) groups excluding carboxylic acids is 1. The van der Waals surface area contributed by atoms with Crippen LogP contribution in [0.4, 0.5) is 0 Å². The standard InChI is InChI=1S/C12H26N2O2/c1-5-6-12(4,13)10(16)14-9-11(2,3)7-8-15/h15H,5-9,13H2,1-4H3,(H,14,16). The Morgan fingerprint density at radius 1 is 1.31 bits per heavy atom. The second-order valence-electron chi connectivity index (χ2n) is 5.49. The molecule has 4 N–H and O–H groups in total. The molecule has 0 saturated heterocycles. The number of hydrogen-bond donors (Lipinski definition) is 3. The minimum Gasteiger partial charge on any atom is -0.396 e. The summed E-state index contributed by atoms with van der Waals surface area (Å²) in [4.78, 5) is 11.8. The van der Waals surface area contributed by atoms with Gasteiger partial charge in [0, 0.05) is 13.2 Å². The first-order chi connectivity index (χ1) is 7.25. The zero-order valence-corrected chi connectivity index (χ0v) is 11.0. The molecule has 1 amide bonds. The van der Waals surface area contributed by atoms with Crippen LogP contribution in [0.1, 0.15) is 47.0 Å². The first-order valence-corrected chi connectivity index (χ1v) is 5.93. The van der Waals surface area contributed by atoms with Crippen molar-refractivity contribution in [2.75, 3.05) is 13.2 Å². The van der Waals surface area contributed by atoms with Crippen molar-refractivity contribution < 1.29 is 9.90 Å². The summed E-state index contributed by atoms with van der Waals surface area (Å²) >= 11 is 0. The fraction of sp³-hybridized carbons (Fsp3) is 0.917. The van der Waals surface area contributed by atoms with Gasteiger partial charge in [0.05, 0.1) is 5.54 Å². The van der Waals surface area contributed by atoms with E-state index in [-0.39, 0.29) is 17.9 Å². The molecule has 0 aromatic carbocycles. The molecule has 16 heavy (non-hydrogen) atoms. The Morgan fingerprint density at radius 3 is 2.31 bits per heavy atom. The van der Waals surface area contributed by atoms with Gasteiger partial charge in [-0.15, -0.1) is 0 Å². The van der Waals surface area contributed by atoms with Gasteiger partial charge in [-0.1, -0.05) is 27.2 Å². The van der Waals surface area contributed by atoms with Gasteiger partial charge in [0.2, 0.25) is 5.91 Å². The van der Waals surface area contributed by atoms with Crippen LogP contribution in [0.25, 0.3) is 0 Å². The number of nitrogens with one attached hydrogen (secondary N) is 1. The second kappa shape index (κ2) is 6.21. The molecule has 4 nitrogen and oxygen atoms in total. The highest BCUT2D eigenvalue weighted by molar-refractivity contribution is 5.85. The van der Waals surface area contributed by atoms with Crippen LogP contribution in [0.5, 0.6) is 0 Å². The normalized spacial score (nSPS) is 15.6. The van der Waals surface area contributed by atoms with Gasteiger partial charge in [-0.05, 0) is 25.2 Å². The fourth-order valence-corrected chi connectivity index (χ4v) is 1.55. The Hall–Kier alpha value is -0.610. The van der Waals surface area contributed by atoms with E-state index in [0.29, 0.717) is 19.4 Å². The summed E-state index contributed by atoms with van der Waals surface area (Å²) in [5.41, 5.74) is 5.03. The molecular weight excluding hydrogens is 204 g/mol. The average molecular weight is 230 g/mol. The monoisotopic (exact) mass is 230 g/mol.